The van der Waals surface area contributed by atoms with Gasteiger partial charge in [-0.1, -0.05) is 0 Å². The van der Waals surface area contributed by atoms with Crippen LogP contribution in [-0.2, 0) is 4.74 Å². The summed E-state index contributed by atoms with van der Waals surface area (Å²) in [5.74, 6) is -0.769. The van der Waals surface area contributed by atoms with Crippen LogP contribution in [0.4, 0.5) is 0 Å². The summed E-state index contributed by atoms with van der Waals surface area (Å²) in [6.07, 6.45) is 1.15. The van der Waals surface area contributed by atoms with E-state index in [2.05, 4.69) is 25.7 Å². The van der Waals surface area contributed by atoms with Crippen molar-refractivity contribution in [1.29, 1.82) is 5.41 Å². The lowest BCUT2D eigenvalue weighted by atomic mass is 10.4. The molecule has 1 aromatic heterocycles. The quantitative estimate of drug-likeness (QED) is 0.546. The van der Waals surface area contributed by atoms with Gasteiger partial charge in [0, 0.05) is 0 Å². The summed E-state index contributed by atoms with van der Waals surface area (Å²) >= 11 is 2.96. The Morgan fingerprint density at radius 1 is 1.85 bits per heavy atom. The van der Waals surface area contributed by atoms with Crippen LogP contribution in [0.2, 0.25) is 0 Å². The average Bonchev–Trinajstić information content (AvgIpc) is 2.10. The minimum absolute atomic E-state index is 0.242. The third-order valence-electron chi connectivity index (χ3n) is 1.28. The van der Waals surface area contributed by atoms with Crippen LogP contribution in [-0.4, -0.2) is 28.0 Å². The van der Waals surface area contributed by atoms with Crippen LogP contribution in [0.3, 0.4) is 0 Å². The number of methoxy groups -OCH3 is 1. The fourth-order valence-corrected chi connectivity index (χ4v) is 1.07. The minimum Gasteiger partial charge on any atom is -0.464 e. The van der Waals surface area contributed by atoms with Gasteiger partial charge in [0.15, 0.2) is 11.2 Å². The smallest absolute Gasteiger partial charge is 0.360 e. The van der Waals surface area contributed by atoms with E-state index in [1.165, 1.54) is 7.11 Å². The van der Waals surface area contributed by atoms with Gasteiger partial charge in [0.05, 0.1) is 13.3 Å². The zero-order valence-electron chi connectivity index (χ0n) is 6.61. The van der Waals surface area contributed by atoms with Crippen LogP contribution in [0.1, 0.15) is 10.5 Å². The van der Waals surface area contributed by atoms with Gasteiger partial charge >= 0.3 is 5.97 Å². The van der Waals surface area contributed by atoms with E-state index in [1.807, 2.05) is 0 Å². The molecule has 1 heterocycles. The lowest BCUT2D eigenvalue weighted by Crippen LogP contribution is -2.27. The number of nitrogens with zero attached hydrogens (tertiary/aromatic N) is 2. The molecule has 0 atom stereocenters. The molecule has 0 spiro atoms. The topological polar surface area (TPSA) is 88.2 Å². The van der Waals surface area contributed by atoms with Crippen molar-refractivity contribution in [1.82, 2.24) is 9.71 Å². The van der Waals surface area contributed by atoms with E-state index >= 15 is 0 Å². The molecule has 0 fully saturated rings. The van der Waals surface area contributed by atoms with E-state index < -0.39 is 11.5 Å². The highest BCUT2D eigenvalue weighted by atomic mass is 79.9. The number of ether oxygens (including phenoxy) is 1. The predicted octanol–water partition coefficient (Wildman–Crippen LogP) is 0.149. The average molecular weight is 248 g/mol. The maximum Gasteiger partial charge on any atom is 0.360 e. The van der Waals surface area contributed by atoms with Crippen molar-refractivity contribution in [3.63, 3.8) is 0 Å². The van der Waals surface area contributed by atoms with E-state index in [9.17, 15) is 4.79 Å². The van der Waals surface area contributed by atoms with Crippen LogP contribution >= 0.6 is 15.9 Å². The Hall–Kier alpha value is -1.37. The van der Waals surface area contributed by atoms with Gasteiger partial charge in [-0.2, -0.15) is 4.73 Å². The molecular weight excluding hydrogens is 242 g/mol. The summed E-state index contributed by atoms with van der Waals surface area (Å²) in [6.45, 7) is 0. The van der Waals surface area contributed by atoms with E-state index in [-0.39, 0.29) is 10.3 Å². The zero-order chi connectivity index (χ0) is 10.0. The maximum absolute atomic E-state index is 11.0. The van der Waals surface area contributed by atoms with Gasteiger partial charge < -0.3 is 9.94 Å². The summed E-state index contributed by atoms with van der Waals surface area (Å²) in [5, 5.41) is 16.3. The molecule has 0 saturated carbocycles. The highest BCUT2D eigenvalue weighted by Crippen LogP contribution is 2.02. The summed E-state index contributed by atoms with van der Waals surface area (Å²) in [7, 11) is 1.17. The molecule has 2 N–H and O–H groups in total. The highest BCUT2D eigenvalue weighted by molar-refractivity contribution is 9.10. The number of carbonyl (C=O) groups is 1. The molecule has 7 heteroatoms. The fraction of sp³-hybridized carbons (Fsp3) is 0.167. The lowest BCUT2D eigenvalue weighted by Gasteiger charge is -2.02. The minimum atomic E-state index is -0.769. The normalized spacial score (nSPS) is 9.69. The Morgan fingerprint density at radius 3 is 3.00 bits per heavy atom. The zero-order valence-corrected chi connectivity index (χ0v) is 8.20. The molecule has 0 aliphatic heterocycles. The third kappa shape index (κ3) is 1.86. The molecule has 0 amide bonds. The van der Waals surface area contributed by atoms with Crippen LogP contribution in [0.5, 0.6) is 0 Å². The molecule has 0 aromatic carbocycles. The van der Waals surface area contributed by atoms with E-state index in [4.69, 9.17) is 10.6 Å². The molecule has 0 saturated heterocycles. The molecule has 0 bridgehead atoms. The van der Waals surface area contributed by atoms with Gasteiger partial charge in [-0.15, -0.1) is 0 Å². The van der Waals surface area contributed by atoms with Crippen molar-refractivity contribution in [2.45, 2.75) is 0 Å². The number of hydrogen-bond donors (Lipinski definition) is 2. The van der Waals surface area contributed by atoms with Crippen LogP contribution in [0.25, 0.3) is 0 Å². The van der Waals surface area contributed by atoms with E-state index in [1.54, 1.807) is 0 Å². The number of nitrogens with one attached hydrogen (secondary N) is 1. The molecule has 6 nitrogen and oxygen atoms in total. The van der Waals surface area contributed by atoms with Crippen LogP contribution in [0, 0.1) is 5.41 Å². The number of carbonyl (C=O) groups excluding carboxylic acids is 1. The first-order chi connectivity index (χ1) is 6.06. The van der Waals surface area contributed by atoms with Crippen molar-refractivity contribution in [3.05, 3.63) is 22.0 Å². The van der Waals surface area contributed by atoms with Crippen molar-refractivity contribution in [2.24, 2.45) is 0 Å². The highest BCUT2D eigenvalue weighted by Gasteiger charge is 2.12. The van der Waals surface area contributed by atoms with Crippen molar-refractivity contribution in [2.75, 3.05) is 7.11 Å². The molecule has 0 radical (unpaired) electrons. The Bertz CT molecular complexity index is 401. The molecule has 0 aliphatic carbocycles. The van der Waals surface area contributed by atoms with Crippen molar-refractivity contribution < 1.29 is 14.7 Å². The second-order valence-electron chi connectivity index (χ2n) is 2.10. The monoisotopic (exact) mass is 247 g/mol. The molecule has 13 heavy (non-hydrogen) atoms. The van der Waals surface area contributed by atoms with Gasteiger partial charge in [0.2, 0.25) is 0 Å². The van der Waals surface area contributed by atoms with Crippen LogP contribution < -0.4 is 5.49 Å². The number of aromatic nitrogens is 2. The maximum atomic E-state index is 11.0. The van der Waals surface area contributed by atoms with E-state index in [0.717, 1.165) is 6.20 Å². The SMILES string of the molecule is COC(=O)c1nc(Br)cn(O)c1=N. The summed E-state index contributed by atoms with van der Waals surface area (Å²) < 4.78 is 5.08. The number of hydrogen-bond acceptors (Lipinski definition) is 5. The van der Waals surface area contributed by atoms with Gasteiger partial charge in [0.25, 0.3) is 0 Å². The molecule has 0 unspecified atom stereocenters. The van der Waals surface area contributed by atoms with E-state index in [0.29, 0.717) is 4.73 Å². The molecule has 0 aliphatic rings. The second-order valence-corrected chi connectivity index (χ2v) is 2.91. The number of rotatable bonds is 1. The predicted molar refractivity (Wildman–Crippen MR) is 44.3 cm³/mol. The largest absolute Gasteiger partial charge is 0.464 e. The first-order valence-electron chi connectivity index (χ1n) is 3.17. The van der Waals surface area contributed by atoms with Crippen molar-refractivity contribution >= 4 is 21.9 Å². The third-order valence-corrected chi connectivity index (χ3v) is 1.66. The van der Waals surface area contributed by atoms with Gasteiger partial charge in [-0.05, 0) is 15.9 Å². The molecule has 70 valence electrons. The Kier molecular flexibility index (Phi) is 2.66. The van der Waals surface area contributed by atoms with Gasteiger partial charge in [-0.3, -0.25) is 5.41 Å². The Labute approximate surface area is 81.4 Å². The first kappa shape index (κ1) is 9.72. The van der Waals surface area contributed by atoms with Crippen molar-refractivity contribution in [3.8, 4) is 0 Å². The summed E-state index contributed by atoms with van der Waals surface area (Å²) in [5.41, 5.74) is -0.672. The fourth-order valence-electron chi connectivity index (χ4n) is 0.702. The molecule has 1 aromatic rings. The standard InChI is InChI=1S/C6H6BrN3O3/c1-13-6(11)4-5(8)10(12)2-3(7)9-4/h2,8,12H,1H3. The molecular formula is C6H6BrN3O3. The van der Waals surface area contributed by atoms with Gasteiger partial charge in [0.1, 0.15) is 4.60 Å². The molecule has 1 rings (SSSR count). The number of halogens is 1. The second kappa shape index (κ2) is 3.56. The lowest BCUT2D eigenvalue weighted by molar-refractivity contribution is 0.0581. The van der Waals surface area contributed by atoms with Crippen LogP contribution in [0.15, 0.2) is 10.8 Å². The Morgan fingerprint density at radius 2 is 2.46 bits per heavy atom. The Balaban J connectivity index is 3.37. The summed E-state index contributed by atoms with van der Waals surface area (Å²) in [4.78, 5) is 14.7. The first-order valence-corrected chi connectivity index (χ1v) is 3.97. The summed E-state index contributed by atoms with van der Waals surface area (Å²) in [6, 6.07) is 0. The van der Waals surface area contributed by atoms with Gasteiger partial charge in [-0.25, -0.2) is 9.78 Å². The number of esters is 1.